The van der Waals surface area contributed by atoms with E-state index >= 15 is 0 Å². The van der Waals surface area contributed by atoms with Crippen LogP contribution in [-0.4, -0.2) is 25.8 Å². The third-order valence-corrected chi connectivity index (χ3v) is 4.96. The number of halogens is 1. The normalized spacial score (nSPS) is 11.8. The van der Waals surface area contributed by atoms with Gasteiger partial charge in [0.2, 0.25) is 10.0 Å². The Morgan fingerprint density at radius 2 is 1.83 bits per heavy atom. The molecule has 3 nitrogen and oxygen atoms in total. The van der Waals surface area contributed by atoms with Crippen molar-refractivity contribution in [2.45, 2.75) is 25.7 Å². The first-order valence-corrected chi connectivity index (χ1v) is 7.16. The van der Waals surface area contributed by atoms with Crippen molar-refractivity contribution in [3.05, 3.63) is 41.7 Å². The Labute approximate surface area is 108 Å². The predicted octanol–water partition coefficient (Wildman–Crippen LogP) is 2.64. The van der Waals surface area contributed by atoms with Gasteiger partial charge in [-0.05, 0) is 37.1 Å². The number of likely N-dealkylation sites (N-methyl/N-ethyl adjacent to an activating group) is 1. The molecule has 0 saturated carbocycles. The summed E-state index contributed by atoms with van der Waals surface area (Å²) in [5, 5.41) is 0. The molecule has 0 fully saturated rings. The van der Waals surface area contributed by atoms with E-state index in [0.29, 0.717) is 17.7 Å². The lowest BCUT2D eigenvalue weighted by Crippen LogP contribution is -2.32. The maximum atomic E-state index is 13.2. The van der Waals surface area contributed by atoms with Crippen molar-refractivity contribution in [2.75, 3.05) is 13.1 Å². The molecule has 0 unspecified atom stereocenters. The maximum absolute atomic E-state index is 13.2. The Hall–Kier alpha value is -1.20. The lowest BCUT2D eigenvalue weighted by molar-refractivity contribution is 0.458. The van der Waals surface area contributed by atoms with E-state index in [1.807, 2.05) is 0 Å². The number of hydrogen-bond donors (Lipinski definition) is 0. The van der Waals surface area contributed by atoms with E-state index < -0.39 is 15.8 Å². The molecule has 0 aliphatic carbocycles. The number of rotatable bonds is 5. The topological polar surface area (TPSA) is 37.4 Å². The second kappa shape index (κ2) is 5.63. The second-order valence-electron chi connectivity index (χ2n) is 4.11. The quantitative estimate of drug-likeness (QED) is 0.772. The summed E-state index contributed by atoms with van der Waals surface area (Å²) in [5.74, 6) is -0.421. The molecule has 1 aromatic carbocycles. The van der Waals surface area contributed by atoms with Gasteiger partial charge in [-0.25, -0.2) is 12.8 Å². The molecule has 5 heteroatoms. The minimum absolute atomic E-state index is 0.188. The molecule has 0 radical (unpaired) electrons. The van der Waals surface area contributed by atoms with Gasteiger partial charge in [-0.15, -0.1) is 6.58 Å². The van der Waals surface area contributed by atoms with Crippen LogP contribution in [0.4, 0.5) is 4.39 Å². The van der Waals surface area contributed by atoms with Gasteiger partial charge in [-0.2, -0.15) is 4.31 Å². The van der Waals surface area contributed by atoms with E-state index in [1.54, 1.807) is 20.8 Å². The predicted molar refractivity (Wildman–Crippen MR) is 70.5 cm³/mol. The molecule has 0 heterocycles. The highest BCUT2D eigenvalue weighted by Gasteiger charge is 2.26. The summed E-state index contributed by atoms with van der Waals surface area (Å²) in [4.78, 5) is 0.188. The molecular weight excluding hydrogens is 253 g/mol. The highest BCUT2D eigenvalue weighted by molar-refractivity contribution is 7.89. The summed E-state index contributed by atoms with van der Waals surface area (Å²) in [6, 6.07) is 2.48. The number of sulfonamides is 1. The Bertz CT molecular complexity index is 529. The van der Waals surface area contributed by atoms with Crippen LogP contribution in [0.2, 0.25) is 0 Å². The Balaban J connectivity index is 3.40. The monoisotopic (exact) mass is 271 g/mol. The summed E-state index contributed by atoms with van der Waals surface area (Å²) >= 11 is 0. The molecule has 0 atom stereocenters. The molecule has 0 amide bonds. The van der Waals surface area contributed by atoms with Gasteiger partial charge < -0.3 is 0 Å². The van der Waals surface area contributed by atoms with Gasteiger partial charge in [-0.1, -0.05) is 13.0 Å². The van der Waals surface area contributed by atoms with Gasteiger partial charge in [0.05, 0.1) is 4.90 Å². The average molecular weight is 271 g/mol. The van der Waals surface area contributed by atoms with Crippen LogP contribution in [0.1, 0.15) is 18.1 Å². The SMILES string of the molecule is C=CCN(CC)S(=O)(=O)c1c(C)cc(F)cc1C. The number of benzene rings is 1. The first-order valence-electron chi connectivity index (χ1n) is 5.72. The first kappa shape index (κ1) is 14.9. The number of nitrogens with zero attached hydrogens (tertiary/aromatic N) is 1. The van der Waals surface area contributed by atoms with E-state index in [-0.39, 0.29) is 11.4 Å². The minimum Gasteiger partial charge on any atom is -0.207 e. The Kier molecular flexibility index (Phi) is 4.65. The van der Waals surface area contributed by atoms with E-state index in [4.69, 9.17) is 0 Å². The molecule has 0 bridgehead atoms. The molecule has 18 heavy (non-hydrogen) atoms. The van der Waals surface area contributed by atoms with Gasteiger partial charge in [0.25, 0.3) is 0 Å². The summed E-state index contributed by atoms with van der Waals surface area (Å²) < 4.78 is 39.4. The summed E-state index contributed by atoms with van der Waals surface area (Å²) in [6.45, 7) is 9.11. The highest BCUT2D eigenvalue weighted by atomic mass is 32.2. The lowest BCUT2D eigenvalue weighted by atomic mass is 10.1. The minimum atomic E-state index is -3.60. The van der Waals surface area contributed by atoms with Crippen molar-refractivity contribution in [1.29, 1.82) is 0 Å². The number of hydrogen-bond acceptors (Lipinski definition) is 2. The van der Waals surface area contributed by atoms with Gasteiger partial charge >= 0.3 is 0 Å². The molecule has 100 valence electrons. The van der Waals surface area contributed by atoms with Crippen molar-refractivity contribution in [2.24, 2.45) is 0 Å². The van der Waals surface area contributed by atoms with Crippen molar-refractivity contribution in [3.8, 4) is 0 Å². The van der Waals surface area contributed by atoms with Crippen molar-refractivity contribution in [1.82, 2.24) is 4.31 Å². The second-order valence-corrected chi connectivity index (χ2v) is 5.99. The zero-order valence-corrected chi connectivity index (χ0v) is 11.7. The maximum Gasteiger partial charge on any atom is 0.243 e. The van der Waals surface area contributed by atoms with Crippen LogP contribution < -0.4 is 0 Å². The summed E-state index contributed by atoms with van der Waals surface area (Å²) in [5.41, 5.74) is 0.852. The zero-order chi connectivity index (χ0) is 13.9. The van der Waals surface area contributed by atoms with Crippen LogP contribution in [0, 0.1) is 19.7 Å². The van der Waals surface area contributed by atoms with Gasteiger partial charge in [0.1, 0.15) is 5.82 Å². The van der Waals surface area contributed by atoms with E-state index in [1.165, 1.54) is 22.5 Å². The van der Waals surface area contributed by atoms with Crippen LogP contribution in [0.25, 0.3) is 0 Å². The van der Waals surface area contributed by atoms with Gasteiger partial charge in [0.15, 0.2) is 0 Å². The Morgan fingerprint density at radius 1 is 1.33 bits per heavy atom. The van der Waals surface area contributed by atoms with Crippen molar-refractivity contribution >= 4 is 10.0 Å². The van der Waals surface area contributed by atoms with Crippen LogP contribution in [0.5, 0.6) is 0 Å². The first-order chi connectivity index (χ1) is 8.34. The molecule has 1 aromatic rings. The van der Waals surface area contributed by atoms with Crippen molar-refractivity contribution < 1.29 is 12.8 Å². The molecule has 0 aliphatic heterocycles. The molecule has 0 saturated heterocycles. The van der Waals surface area contributed by atoms with E-state index in [9.17, 15) is 12.8 Å². The fraction of sp³-hybridized carbons (Fsp3) is 0.385. The van der Waals surface area contributed by atoms with Gasteiger partial charge in [0, 0.05) is 13.1 Å². The third kappa shape index (κ3) is 2.79. The van der Waals surface area contributed by atoms with Crippen LogP contribution in [0.15, 0.2) is 29.7 Å². The molecule has 0 spiro atoms. The van der Waals surface area contributed by atoms with Crippen LogP contribution >= 0.6 is 0 Å². The summed E-state index contributed by atoms with van der Waals surface area (Å²) in [6.07, 6.45) is 1.54. The van der Waals surface area contributed by atoms with E-state index in [0.717, 1.165) is 0 Å². The van der Waals surface area contributed by atoms with Crippen LogP contribution in [-0.2, 0) is 10.0 Å². The fourth-order valence-corrected chi connectivity index (χ4v) is 3.81. The summed E-state index contributed by atoms with van der Waals surface area (Å²) in [7, 11) is -3.60. The largest absolute Gasteiger partial charge is 0.243 e. The van der Waals surface area contributed by atoms with Crippen LogP contribution in [0.3, 0.4) is 0 Å². The lowest BCUT2D eigenvalue weighted by Gasteiger charge is -2.21. The Morgan fingerprint density at radius 3 is 2.22 bits per heavy atom. The smallest absolute Gasteiger partial charge is 0.207 e. The highest BCUT2D eigenvalue weighted by Crippen LogP contribution is 2.24. The zero-order valence-electron chi connectivity index (χ0n) is 10.9. The van der Waals surface area contributed by atoms with Gasteiger partial charge in [-0.3, -0.25) is 0 Å². The standard InChI is InChI=1S/C13H18FNO2S/c1-5-7-15(6-2)18(16,17)13-10(3)8-12(14)9-11(13)4/h5,8-9H,1,6-7H2,2-4H3. The molecule has 0 aliphatic rings. The van der Waals surface area contributed by atoms with Crippen molar-refractivity contribution in [3.63, 3.8) is 0 Å². The number of aryl methyl sites for hydroxylation is 2. The molecule has 0 aromatic heterocycles. The molecule has 1 rings (SSSR count). The van der Waals surface area contributed by atoms with E-state index in [2.05, 4.69) is 6.58 Å². The fourth-order valence-electron chi connectivity index (χ4n) is 1.97. The average Bonchev–Trinajstić information content (AvgIpc) is 2.23. The molecular formula is C13H18FNO2S. The molecule has 0 N–H and O–H groups in total. The third-order valence-electron chi connectivity index (χ3n) is 2.71.